The molecule has 5 nitrogen and oxygen atoms in total. The van der Waals surface area contributed by atoms with Gasteiger partial charge in [-0.15, -0.1) is 0 Å². The average molecular weight is 293 g/mol. The lowest BCUT2D eigenvalue weighted by atomic mass is 10.2. The molecular formula is C11H17ClN2O3S. The summed E-state index contributed by atoms with van der Waals surface area (Å²) in [6.07, 6.45) is 0. The first kappa shape index (κ1) is 15.2. The second-order valence-corrected chi connectivity index (χ2v) is 6.17. The highest BCUT2D eigenvalue weighted by atomic mass is 35.5. The summed E-state index contributed by atoms with van der Waals surface area (Å²) in [5.74, 6) is 0.252. The van der Waals surface area contributed by atoms with E-state index in [1.807, 2.05) is 0 Å². The zero-order valence-electron chi connectivity index (χ0n) is 10.6. The summed E-state index contributed by atoms with van der Waals surface area (Å²) in [6, 6.07) is 2.98. The lowest BCUT2D eigenvalue weighted by Gasteiger charge is -2.19. The van der Waals surface area contributed by atoms with E-state index in [-0.39, 0.29) is 17.2 Å². The minimum Gasteiger partial charge on any atom is -0.495 e. The van der Waals surface area contributed by atoms with Gasteiger partial charge in [-0.25, -0.2) is 12.7 Å². The van der Waals surface area contributed by atoms with Crippen molar-refractivity contribution in [2.24, 2.45) is 5.73 Å². The van der Waals surface area contributed by atoms with Crippen LogP contribution >= 0.6 is 11.6 Å². The molecule has 0 unspecified atom stereocenters. The van der Waals surface area contributed by atoms with Gasteiger partial charge in [0.15, 0.2) is 0 Å². The number of nitrogens with zero attached hydrogens (tertiary/aromatic N) is 1. The van der Waals surface area contributed by atoms with Crippen LogP contribution < -0.4 is 10.5 Å². The summed E-state index contributed by atoms with van der Waals surface area (Å²) < 4.78 is 31.0. The number of ether oxygens (including phenoxy) is 1. The Balaban J connectivity index is 3.54. The Morgan fingerprint density at radius 2 is 2.06 bits per heavy atom. The van der Waals surface area contributed by atoms with Crippen molar-refractivity contribution in [3.8, 4) is 5.75 Å². The quantitative estimate of drug-likeness (QED) is 0.891. The highest BCUT2D eigenvalue weighted by molar-refractivity contribution is 7.89. The summed E-state index contributed by atoms with van der Waals surface area (Å²) in [5, 5.41) is 0.319. The molecule has 0 aromatic heterocycles. The molecule has 0 aliphatic heterocycles. The fraction of sp³-hybridized carbons (Fsp3) is 0.455. The minimum atomic E-state index is -3.62. The molecule has 0 saturated heterocycles. The molecule has 0 radical (unpaired) electrons. The van der Waals surface area contributed by atoms with E-state index in [9.17, 15) is 8.42 Å². The van der Waals surface area contributed by atoms with Crippen LogP contribution in [0.15, 0.2) is 17.0 Å². The molecule has 0 amide bonds. The zero-order valence-corrected chi connectivity index (χ0v) is 12.2. The summed E-state index contributed by atoms with van der Waals surface area (Å²) >= 11 is 5.92. The molecule has 1 rings (SSSR count). The third kappa shape index (κ3) is 2.77. The molecule has 0 atom stereocenters. The number of methoxy groups -OCH3 is 1. The summed E-state index contributed by atoms with van der Waals surface area (Å²) in [6.45, 7) is 2.26. The van der Waals surface area contributed by atoms with Crippen LogP contribution in [0.2, 0.25) is 5.02 Å². The fourth-order valence-corrected chi connectivity index (χ4v) is 3.24. The molecular weight excluding hydrogens is 276 g/mol. The van der Waals surface area contributed by atoms with Crippen LogP contribution in [0.5, 0.6) is 5.75 Å². The van der Waals surface area contributed by atoms with E-state index in [1.165, 1.54) is 24.5 Å². The van der Waals surface area contributed by atoms with Crippen LogP contribution in [0, 0.1) is 0 Å². The average Bonchev–Trinajstić information content (AvgIpc) is 2.36. The van der Waals surface area contributed by atoms with E-state index < -0.39 is 10.0 Å². The van der Waals surface area contributed by atoms with Crippen molar-refractivity contribution < 1.29 is 13.2 Å². The van der Waals surface area contributed by atoms with Gasteiger partial charge in [0.25, 0.3) is 0 Å². The van der Waals surface area contributed by atoms with E-state index in [2.05, 4.69) is 0 Å². The number of benzene rings is 1. The fourth-order valence-electron chi connectivity index (χ4n) is 1.54. The Morgan fingerprint density at radius 1 is 1.44 bits per heavy atom. The Morgan fingerprint density at radius 3 is 2.50 bits per heavy atom. The maximum atomic E-state index is 12.3. The Labute approximate surface area is 113 Å². The van der Waals surface area contributed by atoms with Gasteiger partial charge in [0.1, 0.15) is 10.6 Å². The number of rotatable bonds is 5. The first-order valence-corrected chi connectivity index (χ1v) is 7.23. The van der Waals surface area contributed by atoms with Crippen molar-refractivity contribution in [1.29, 1.82) is 0 Å². The van der Waals surface area contributed by atoms with E-state index in [0.29, 0.717) is 17.1 Å². The molecule has 2 N–H and O–H groups in total. The third-order valence-corrected chi connectivity index (χ3v) is 4.81. The molecule has 102 valence electrons. The van der Waals surface area contributed by atoms with E-state index in [0.717, 1.165) is 0 Å². The number of sulfonamides is 1. The monoisotopic (exact) mass is 292 g/mol. The number of hydrogen-bond donors (Lipinski definition) is 1. The van der Waals surface area contributed by atoms with Crippen LogP contribution in [0.3, 0.4) is 0 Å². The van der Waals surface area contributed by atoms with Gasteiger partial charge < -0.3 is 10.5 Å². The molecule has 1 aromatic carbocycles. The maximum absolute atomic E-state index is 12.3. The summed E-state index contributed by atoms with van der Waals surface area (Å²) in [7, 11) is -0.711. The van der Waals surface area contributed by atoms with Crippen molar-refractivity contribution in [1.82, 2.24) is 4.31 Å². The third-order valence-electron chi connectivity index (χ3n) is 2.65. The van der Waals surface area contributed by atoms with Gasteiger partial charge in [-0.1, -0.05) is 18.5 Å². The number of halogens is 1. The molecule has 0 fully saturated rings. The topological polar surface area (TPSA) is 72.6 Å². The molecule has 18 heavy (non-hydrogen) atoms. The van der Waals surface area contributed by atoms with Crippen LogP contribution in [-0.2, 0) is 16.6 Å². The van der Waals surface area contributed by atoms with Gasteiger partial charge >= 0.3 is 0 Å². The second-order valence-electron chi connectivity index (χ2n) is 3.72. The molecule has 1 aromatic rings. The summed E-state index contributed by atoms with van der Waals surface area (Å²) in [4.78, 5) is 0.0438. The van der Waals surface area contributed by atoms with Crippen molar-refractivity contribution >= 4 is 21.6 Å². The van der Waals surface area contributed by atoms with Gasteiger partial charge in [0.05, 0.1) is 7.11 Å². The van der Waals surface area contributed by atoms with Crippen LogP contribution in [0.25, 0.3) is 0 Å². The molecule has 0 bridgehead atoms. The highest BCUT2D eigenvalue weighted by Crippen LogP contribution is 2.33. The van der Waals surface area contributed by atoms with Gasteiger partial charge in [-0.3, -0.25) is 0 Å². The normalized spacial score (nSPS) is 11.9. The summed E-state index contributed by atoms with van der Waals surface area (Å²) in [5.41, 5.74) is 6.13. The van der Waals surface area contributed by atoms with E-state index in [4.69, 9.17) is 22.1 Å². The number of nitrogens with two attached hydrogens (primary N) is 1. The largest absolute Gasteiger partial charge is 0.495 e. The Hall–Kier alpha value is -0.820. The predicted octanol–water partition coefficient (Wildman–Crippen LogP) is 1.45. The number of hydrogen-bond acceptors (Lipinski definition) is 4. The van der Waals surface area contributed by atoms with Crippen molar-refractivity contribution in [2.45, 2.75) is 18.4 Å². The van der Waals surface area contributed by atoms with Crippen molar-refractivity contribution in [2.75, 3.05) is 20.7 Å². The molecule has 0 spiro atoms. The Kier molecular flexibility index (Phi) is 4.98. The van der Waals surface area contributed by atoms with Crippen LogP contribution in [0.4, 0.5) is 0 Å². The van der Waals surface area contributed by atoms with Gasteiger partial charge in [-0.05, 0) is 12.1 Å². The van der Waals surface area contributed by atoms with E-state index >= 15 is 0 Å². The lowest BCUT2D eigenvalue weighted by Crippen LogP contribution is -2.27. The molecule has 0 aliphatic carbocycles. The van der Waals surface area contributed by atoms with Crippen LogP contribution in [0.1, 0.15) is 12.5 Å². The molecule has 0 heterocycles. The molecule has 7 heteroatoms. The Bertz CT molecular complexity index is 531. The van der Waals surface area contributed by atoms with Crippen molar-refractivity contribution in [3.05, 3.63) is 22.7 Å². The van der Waals surface area contributed by atoms with Crippen molar-refractivity contribution in [3.63, 3.8) is 0 Å². The van der Waals surface area contributed by atoms with Gasteiger partial charge in [0, 0.05) is 30.7 Å². The first-order valence-electron chi connectivity index (χ1n) is 5.41. The predicted molar refractivity (Wildman–Crippen MR) is 71.4 cm³/mol. The van der Waals surface area contributed by atoms with E-state index in [1.54, 1.807) is 13.0 Å². The van der Waals surface area contributed by atoms with Gasteiger partial charge in [0.2, 0.25) is 10.0 Å². The lowest BCUT2D eigenvalue weighted by molar-refractivity contribution is 0.394. The highest BCUT2D eigenvalue weighted by Gasteiger charge is 2.26. The first-order chi connectivity index (χ1) is 8.38. The standard InChI is InChI=1S/C11H17ClN2O3S/c1-4-14(2)18(15,16)10-6-9(12)5-8(7-13)11(10)17-3/h5-6H,4,7,13H2,1-3H3. The molecule has 0 saturated carbocycles. The second kappa shape index (κ2) is 5.88. The van der Waals surface area contributed by atoms with Gasteiger partial charge in [-0.2, -0.15) is 0 Å². The zero-order chi connectivity index (χ0) is 13.9. The minimum absolute atomic E-state index is 0.0438. The maximum Gasteiger partial charge on any atom is 0.246 e. The smallest absolute Gasteiger partial charge is 0.246 e. The van der Waals surface area contributed by atoms with Crippen LogP contribution in [-0.4, -0.2) is 33.4 Å². The SMILES string of the molecule is CCN(C)S(=O)(=O)c1cc(Cl)cc(CN)c1OC. The molecule has 0 aliphatic rings.